The number of hydrogen-bond donors (Lipinski definition) is 1. The van der Waals surface area contributed by atoms with Gasteiger partial charge in [-0.05, 0) is 38.1 Å². The van der Waals surface area contributed by atoms with E-state index in [1.165, 1.54) is 46.9 Å². The van der Waals surface area contributed by atoms with Gasteiger partial charge in [-0.15, -0.1) is 34.3 Å². The van der Waals surface area contributed by atoms with Gasteiger partial charge in [-0.1, -0.05) is 24.3 Å². The fraction of sp³-hybridized carbons (Fsp3) is 0.250. The Balaban J connectivity index is 0.000000201. The van der Waals surface area contributed by atoms with Crippen molar-refractivity contribution in [3.8, 4) is 21.1 Å². The molecule has 12 heteroatoms. The number of hydrogen-bond acceptors (Lipinski definition) is 5. The highest BCUT2D eigenvalue weighted by molar-refractivity contribution is 7.15. The monoisotopic (exact) mass is 564 g/mol. The van der Waals surface area contributed by atoms with Crippen molar-refractivity contribution in [3.05, 3.63) is 80.8 Å². The quantitative estimate of drug-likeness (QED) is 0.200. The van der Waals surface area contributed by atoms with E-state index in [2.05, 4.69) is 9.97 Å². The molecule has 0 aliphatic rings. The molecular weight excluding hydrogens is 546 g/mol. The van der Waals surface area contributed by atoms with Crippen LogP contribution in [-0.2, 0) is 24.8 Å². The smallest absolute Gasteiger partial charge is 0.391 e. The molecule has 0 aliphatic carbocycles. The van der Waals surface area contributed by atoms with Gasteiger partial charge in [-0.3, -0.25) is 0 Å². The molecule has 2 aromatic heterocycles. The van der Waals surface area contributed by atoms with E-state index in [9.17, 15) is 26.3 Å². The van der Waals surface area contributed by atoms with Crippen LogP contribution in [0, 0.1) is 13.8 Å². The SMILES string of the molecule is Cc1nc(-c2ccc(C(F)(F)F)cc2)sc1CCl.Cc1nc(-c2ccc(C(F)(F)F)cc2)sc1CO. The lowest BCUT2D eigenvalue weighted by atomic mass is 10.1. The number of rotatable bonds is 4. The number of benzene rings is 2. The van der Waals surface area contributed by atoms with Crippen LogP contribution >= 0.6 is 34.3 Å². The Kier molecular flexibility index (Phi) is 8.81. The van der Waals surface area contributed by atoms with Crippen molar-refractivity contribution in [2.75, 3.05) is 0 Å². The molecule has 36 heavy (non-hydrogen) atoms. The van der Waals surface area contributed by atoms with Crippen LogP contribution in [0.1, 0.15) is 32.3 Å². The molecule has 0 atom stereocenters. The van der Waals surface area contributed by atoms with E-state index in [4.69, 9.17) is 16.7 Å². The van der Waals surface area contributed by atoms with Crippen LogP contribution in [0.25, 0.3) is 21.1 Å². The van der Waals surface area contributed by atoms with Crippen molar-refractivity contribution < 1.29 is 31.4 Å². The number of aliphatic hydroxyl groups is 1. The zero-order chi connectivity index (χ0) is 26.7. The average Bonchev–Trinajstić information content (AvgIpc) is 3.40. The third kappa shape index (κ3) is 6.84. The number of nitrogens with zero attached hydrogens (tertiary/aromatic N) is 2. The first-order valence-corrected chi connectivity index (χ1v) is 12.4. The normalized spacial score (nSPS) is 11.8. The lowest BCUT2D eigenvalue weighted by Gasteiger charge is -2.06. The van der Waals surface area contributed by atoms with E-state index in [0.717, 1.165) is 39.7 Å². The molecule has 0 saturated carbocycles. The molecule has 4 aromatic rings. The highest BCUT2D eigenvalue weighted by Gasteiger charge is 2.31. The lowest BCUT2D eigenvalue weighted by molar-refractivity contribution is -0.138. The molecule has 2 heterocycles. The lowest BCUT2D eigenvalue weighted by Crippen LogP contribution is -2.03. The fourth-order valence-corrected chi connectivity index (χ4v) is 5.18. The van der Waals surface area contributed by atoms with Gasteiger partial charge in [-0.2, -0.15) is 26.3 Å². The summed E-state index contributed by atoms with van der Waals surface area (Å²) in [5.74, 6) is 0.365. The van der Waals surface area contributed by atoms with Crippen LogP contribution in [0.15, 0.2) is 48.5 Å². The number of aryl methyl sites for hydroxylation is 2. The van der Waals surface area contributed by atoms with Crippen molar-refractivity contribution in [3.63, 3.8) is 0 Å². The first-order chi connectivity index (χ1) is 16.8. The number of aromatic nitrogens is 2. The summed E-state index contributed by atoms with van der Waals surface area (Å²) in [6.07, 6.45) is -8.63. The predicted octanol–water partition coefficient (Wildman–Crippen LogP) is 8.51. The summed E-state index contributed by atoms with van der Waals surface area (Å²) >= 11 is 8.42. The number of halogens is 7. The summed E-state index contributed by atoms with van der Waals surface area (Å²) in [6.45, 7) is 3.49. The van der Waals surface area contributed by atoms with Gasteiger partial charge in [0.1, 0.15) is 10.0 Å². The first-order valence-electron chi connectivity index (χ1n) is 10.3. The Morgan fingerprint density at radius 3 is 1.33 bits per heavy atom. The maximum Gasteiger partial charge on any atom is 0.416 e. The molecule has 3 nitrogen and oxygen atoms in total. The van der Waals surface area contributed by atoms with Gasteiger partial charge in [0.25, 0.3) is 0 Å². The van der Waals surface area contributed by atoms with Gasteiger partial charge >= 0.3 is 12.4 Å². The minimum atomic E-state index is -4.33. The molecule has 0 aliphatic heterocycles. The fourth-order valence-electron chi connectivity index (χ4n) is 2.98. The minimum Gasteiger partial charge on any atom is -0.391 e. The maximum absolute atomic E-state index is 12.4. The predicted molar refractivity (Wildman–Crippen MR) is 130 cm³/mol. The van der Waals surface area contributed by atoms with Crippen molar-refractivity contribution >= 4 is 34.3 Å². The molecule has 0 bridgehead atoms. The Bertz CT molecular complexity index is 1190. The second kappa shape index (κ2) is 11.3. The van der Waals surface area contributed by atoms with Crippen LogP contribution in [0.4, 0.5) is 26.3 Å². The molecule has 0 spiro atoms. The molecule has 0 amide bonds. The third-order valence-corrected chi connectivity index (χ3v) is 7.79. The highest BCUT2D eigenvalue weighted by atomic mass is 35.5. The zero-order valence-electron chi connectivity index (χ0n) is 18.8. The van der Waals surface area contributed by atoms with Crippen LogP contribution in [-0.4, -0.2) is 15.1 Å². The van der Waals surface area contributed by atoms with Crippen molar-refractivity contribution in [1.82, 2.24) is 9.97 Å². The van der Waals surface area contributed by atoms with Gasteiger partial charge in [-0.25, -0.2) is 9.97 Å². The Labute approximate surface area is 216 Å². The number of aliphatic hydroxyl groups excluding tert-OH is 1. The standard InChI is InChI=1S/C12H9ClF3NS.C12H10F3NOS/c1-7-10(6-13)18-11(17-7)8-2-4-9(5-3-8)12(14,15)16;1-7-10(6-17)18-11(16-7)8-2-4-9(5-3-8)12(13,14)15/h2-5H,6H2,1H3;2-5,17H,6H2,1H3. The number of thiazole rings is 2. The van der Waals surface area contributed by atoms with Gasteiger partial charge in [0.05, 0.1) is 39.9 Å². The maximum atomic E-state index is 12.4. The summed E-state index contributed by atoms with van der Waals surface area (Å²) in [5.41, 5.74) is 1.49. The van der Waals surface area contributed by atoms with E-state index in [0.29, 0.717) is 32.7 Å². The van der Waals surface area contributed by atoms with E-state index in [-0.39, 0.29) is 6.61 Å². The molecule has 1 N–H and O–H groups in total. The van der Waals surface area contributed by atoms with Gasteiger partial charge in [0.15, 0.2) is 0 Å². The highest BCUT2D eigenvalue weighted by Crippen LogP contribution is 2.34. The summed E-state index contributed by atoms with van der Waals surface area (Å²) in [7, 11) is 0. The Morgan fingerprint density at radius 1 is 0.694 bits per heavy atom. The van der Waals surface area contributed by atoms with E-state index >= 15 is 0 Å². The van der Waals surface area contributed by atoms with E-state index in [1.54, 1.807) is 6.92 Å². The molecule has 0 fully saturated rings. The minimum absolute atomic E-state index is 0.107. The largest absolute Gasteiger partial charge is 0.416 e. The molecule has 4 rings (SSSR count). The second-order valence-corrected chi connectivity index (χ2v) is 9.93. The molecule has 0 radical (unpaired) electrons. The number of alkyl halides is 7. The molecule has 0 saturated heterocycles. The Morgan fingerprint density at radius 2 is 1.06 bits per heavy atom. The van der Waals surface area contributed by atoms with Gasteiger partial charge in [0.2, 0.25) is 0 Å². The summed E-state index contributed by atoms with van der Waals surface area (Å²) in [6, 6.07) is 9.83. The van der Waals surface area contributed by atoms with Gasteiger partial charge in [0, 0.05) is 16.0 Å². The Hall–Kier alpha value is -2.47. The summed E-state index contributed by atoms with van der Waals surface area (Å²) in [4.78, 5) is 10.2. The molecule has 192 valence electrons. The topological polar surface area (TPSA) is 46.0 Å². The van der Waals surface area contributed by atoms with Crippen molar-refractivity contribution in [1.29, 1.82) is 0 Å². The zero-order valence-corrected chi connectivity index (χ0v) is 21.2. The average molecular weight is 565 g/mol. The second-order valence-electron chi connectivity index (χ2n) is 7.50. The third-order valence-electron chi connectivity index (χ3n) is 4.97. The van der Waals surface area contributed by atoms with Crippen molar-refractivity contribution in [2.45, 2.75) is 38.7 Å². The van der Waals surface area contributed by atoms with Crippen molar-refractivity contribution in [2.24, 2.45) is 0 Å². The van der Waals surface area contributed by atoms with Crippen LogP contribution in [0.5, 0.6) is 0 Å². The molecule has 2 aromatic carbocycles. The first kappa shape index (κ1) is 28.1. The van der Waals surface area contributed by atoms with Crippen LogP contribution < -0.4 is 0 Å². The molecular formula is C24H19ClF6N2OS2. The summed E-state index contributed by atoms with van der Waals surface area (Å²) in [5, 5.41) is 10.4. The van der Waals surface area contributed by atoms with Crippen LogP contribution in [0.3, 0.4) is 0 Å². The van der Waals surface area contributed by atoms with E-state index in [1.807, 2.05) is 6.92 Å². The van der Waals surface area contributed by atoms with E-state index < -0.39 is 23.5 Å². The van der Waals surface area contributed by atoms with Gasteiger partial charge < -0.3 is 5.11 Å². The summed E-state index contributed by atoms with van der Waals surface area (Å²) < 4.78 is 74.4. The molecule has 0 unspecified atom stereocenters. The van der Waals surface area contributed by atoms with Crippen LogP contribution in [0.2, 0.25) is 0 Å².